The van der Waals surface area contributed by atoms with Crippen molar-refractivity contribution >= 4 is 38.8 Å². The van der Waals surface area contributed by atoms with Gasteiger partial charge in [-0.25, -0.2) is 21.9 Å². The number of thiophene rings is 1. The van der Waals surface area contributed by atoms with Crippen molar-refractivity contribution in [1.82, 2.24) is 4.31 Å². The summed E-state index contributed by atoms with van der Waals surface area (Å²) in [6.45, 7) is 3.50. The first-order valence-electron chi connectivity index (χ1n) is 13.1. The van der Waals surface area contributed by atoms with E-state index >= 15 is 4.39 Å². The lowest BCUT2D eigenvalue weighted by molar-refractivity contribution is 0.122. The number of fused-ring (bicyclic) bond motifs is 1. The van der Waals surface area contributed by atoms with Crippen molar-refractivity contribution in [3.8, 4) is 5.06 Å². The van der Waals surface area contributed by atoms with Gasteiger partial charge in [-0.05, 0) is 59.0 Å². The summed E-state index contributed by atoms with van der Waals surface area (Å²) in [4.78, 5) is 16.7. The van der Waals surface area contributed by atoms with Crippen LogP contribution in [0.4, 0.5) is 20.6 Å². The van der Waals surface area contributed by atoms with Gasteiger partial charge in [-0.15, -0.1) is 11.3 Å². The lowest BCUT2D eigenvalue weighted by atomic mass is 10.2. The molecule has 1 saturated carbocycles. The van der Waals surface area contributed by atoms with Crippen molar-refractivity contribution in [3.63, 3.8) is 0 Å². The SMILES string of the molecule is O=C(Oc1cccs1)N(CC1C2CN(S(=O)(=O)Cc3ccccc3)CC12)c1ccc(N2CCOCC2)c(F)c1. The molecule has 3 aromatic rings. The molecule has 0 N–H and O–H groups in total. The number of hydrogen-bond acceptors (Lipinski definition) is 7. The summed E-state index contributed by atoms with van der Waals surface area (Å²) in [5, 5.41) is 2.28. The van der Waals surface area contributed by atoms with Gasteiger partial charge in [0.2, 0.25) is 10.0 Å². The Morgan fingerprint density at radius 3 is 2.46 bits per heavy atom. The largest absolute Gasteiger partial charge is 0.420 e. The van der Waals surface area contributed by atoms with Crippen LogP contribution in [0.15, 0.2) is 66.0 Å². The smallest absolute Gasteiger partial charge is 0.399 e. The first kappa shape index (κ1) is 26.2. The molecule has 11 heteroatoms. The number of carbonyl (C=O) groups is 1. The Morgan fingerprint density at radius 2 is 1.79 bits per heavy atom. The van der Waals surface area contributed by atoms with Crippen LogP contribution in [0.2, 0.25) is 0 Å². The summed E-state index contributed by atoms with van der Waals surface area (Å²) >= 11 is 1.31. The normalized spacial score (nSPS) is 22.9. The van der Waals surface area contributed by atoms with E-state index < -0.39 is 21.9 Å². The molecule has 0 bridgehead atoms. The van der Waals surface area contributed by atoms with Crippen LogP contribution < -0.4 is 14.5 Å². The molecule has 1 amide bonds. The predicted octanol–water partition coefficient (Wildman–Crippen LogP) is 4.44. The van der Waals surface area contributed by atoms with Crippen LogP contribution in [0.3, 0.4) is 0 Å². The fraction of sp³-hybridized carbons (Fsp3) is 0.393. The molecule has 0 spiro atoms. The van der Waals surface area contributed by atoms with E-state index in [1.165, 1.54) is 22.3 Å². The Bertz CT molecular complexity index is 1400. The summed E-state index contributed by atoms with van der Waals surface area (Å²) in [6, 6.07) is 17.5. The standard InChI is InChI=1S/C28H30FN3O5S2/c29-25-15-21(8-9-26(25)30-10-12-36-13-11-30)32(28(33)37-27-7-4-14-38-27)18-24-22-16-31(17-23(22)24)39(34,35)19-20-5-2-1-3-6-20/h1-9,14-15,22-24H,10-13,16-19H2. The van der Waals surface area contributed by atoms with Crippen LogP contribution in [-0.2, 0) is 20.5 Å². The van der Waals surface area contributed by atoms with Crippen molar-refractivity contribution < 1.29 is 27.1 Å². The predicted molar refractivity (Wildman–Crippen MR) is 148 cm³/mol. The van der Waals surface area contributed by atoms with Crippen LogP contribution in [-0.4, -0.2) is 64.8 Å². The lowest BCUT2D eigenvalue weighted by Gasteiger charge is -2.30. The van der Waals surface area contributed by atoms with Crippen molar-refractivity contribution in [2.75, 3.05) is 55.7 Å². The number of ether oxygens (including phenoxy) is 2. The van der Waals surface area contributed by atoms with Gasteiger partial charge >= 0.3 is 6.09 Å². The number of amides is 1. The monoisotopic (exact) mass is 571 g/mol. The molecule has 1 aromatic heterocycles. The number of piperidine rings is 1. The van der Waals surface area contributed by atoms with Gasteiger partial charge in [0.25, 0.3) is 0 Å². The maximum absolute atomic E-state index is 15.2. The molecular weight excluding hydrogens is 541 g/mol. The summed E-state index contributed by atoms with van der Waals surface area (Å²) in [5.41, 5.74) is 1.67. The zero-order valence-electron chi connectivity index (χ0n) is 21.3. The molecule has 2 atom stereocenters. The second-order valence-electron chi connectivity index (χ2n) is 10.2. The Kier molecular flexibility index (Phi) is 7.32. The third-order valence-corrected chi connectivity index (χ3v) is 10.3. The number of carbonyl (C=O) groups excluding carboxylic acids is 1. The van der Waals surface area contributed by atoms with E-state index in [9.17, 15) is 13.2 Å². The average molecular weight is 572 g/mol. The van der Waals surface area contributed by atoms with Gasteiger partial charge < -0.3 is 14.4 Å². The number of hydrogen-bond donors (Lipinski definition) is 0. The van der Waals surface area contributed by atoms with E-state index in [0.29, 0.717) is 62.4 Å². The summed E-state index contributed by atoms with van der Waals surface area (Å²) in [7, 11) is -3.43. The second-order valence-corrected chi connectivity index (χ2v) is 13.1. The Hall–Kier alpha value is -2.99. The molecule has 2 unspecified atom stereocenters. The zero-order chi connectivity index (χ0) is 27.0. The van der Waals surface area contributed by atoms with Crippen molar-refractivity contribution in [2.45, 2.75) is 5.75 Å². The van der Waals surface area contributed by atoms with Crippen molar-refractivity contribution in [2.24, 2.45) is 17.8 Å². The number of benzene rings is 2. The van der Waals surface area contributed by atoms with Gasteiger partial charge in [0.05, 0.1) is 30.3 Å². The molecule has 206 valence electrons. The molecular formula is C28H30FN3O5S2. The molecule has 3 aliphatic rings. The number of halogens is 1. The van der Waals surface area contributed by atoms with Gasteiger partial charge in [-0.1, -0.05) is 30.3 Å². The van der Waals surface area contributed by atoms with Gasteiger partial charge in [-0.2, -0.15) is 0 Å². The number of rotatable bonds is 8. The van der Waals surface area contributed by atoms with Gasteiger partial charge in [0.15, 0.2) is 5.06 Å². The van der Waals surface area contributed by atoms with Crippen LogP contribution in [0.25, 0.3) is 0 Å². The fourth-order valence-electron chi connectivity index (χ4n) is 5.67. The first-order valence-corrected chi connectivity index (χ1v) is 15.5. The third-order valence-electron chi connectivity index (χ3n) is 7.81. The van der Waals surface area contributed by atoms with Gasteiger partial charge in [0.1, 0.15) is 5.82 Å². The number of sulfonamides is 1. The molecule has 2 aliphatic heterocycles. The Morgan fingerprint density at radius 1 is 1.05 bits per heavy atom. The maximum Gasteiger partial charge on any atom is 0.420 e. The van der Waals surface area contributed by atoms with Crippen LogP contribution in [0.5, 0.6) is 5.06 Å². The number of nitrogens with zero attached hydrogens (tertiary/aromatic N) is 3. The quantitative estimate of drug-likeness (QED) is 0.398. The van der Waals surface area contributed by atoms with Crippen molar-refractivity contribution in [3.05, 3.63) is 77.4 Å². The minimum atomic E-state index is -3.43. The van der Waals surface area contributed by atoms with E-state index in [1.54, 1.807) is 28.6 Å². The van der Waals surface area contributed by atoms with E-state index in [4.69, 9.17) is 9.47 Å². The highest BCUT2D eigenvalue weighted by Crippen LogP contribution is 2.53. The van der Waals surface area contributed by atoms with Crippen LogP contribution >= 0.6 is 11.3 Å². The molecule has 1 aliphatic carbocycles. The highest BCUT2D eigenvalue weighted by atomic mass is 32.2. The van der Waals surface area contributed by atoms with Crippen LogP contribution in [0.1, 0.15) is 5.56 Å². The number of anilines is 2. The highest BCUT2D eigenvalue weighted by Gasteiger charge is 2.58. The summed E-state index contributed by atoms with van der Waals surface area (Å²) in [5.74, 6) is 0.00468. The van der Waals surface area contributed by atoms with Crippen LogP contribution in [0, 0.1) is 23.6 Å². The van der Waals surface area contributed by atoms with E-state index in [1.807, 2.05) is 40.6 Å². The topological polar surface area (TPSA) is 79.4 Å². The molecule has 3 fully saturated rings. The van der Waals surface area contributed by atoms with Crippen molar-refractivity contribution in [1.29, 1.82) is 0 Å². The Balaban J connectivity index is 1.16. The molecule has 2 saturated heterocycles. The van der Waals surface area contributed by atoms with E-state index in [0.717, 1.165) is 5.56 Å². The summed E-state index contributed by atoms with van der Waals surface area (Å²) in [6.07, 6.45) is -0.575. The van der Waals surface area contributed by atoms with Gasteiger partial charge in [0, 0.05) is 32.7 Å². The third kappa shape index (κ3) is 5.67. The highest BCUT2D eigenvalue weighted by molar-refractivity contribution is 7.88. The molecule has 8 nitrogen and oxygen atoms in total. The molecule has 6 rings (SSSR count). The minimum Gasteiger partial charge on any atom is -0.399 e. The maximum atomic E-state index is 15.2. The van der Waals surface area contributed by atoms with Gasteiger partial charge in [-0.3, -0.25) is 4.90 Å². The Labute approximate surface area is 231 Å². The zero-order valence-corrected chi connectivity index (χ0v) is 23.0. The number of morpholine rings is 1. The molecule has 0 radical (unpaired) electrons. The first-order chi connectivity index (χ1) is 18.9. The minimum absolute atomic E-state index is 0.0218. The molecule has 2 aromatic carbocycles. The average Bonchev–Trinajstić information content (AvgIpc) is 3.29. The fourth-order valence-corrected chi connectivity index (χ4v) is 7.83. The summed E-state index contributed by atoms with van der Waals surface area (Å²) < 4.78 is 53.8. The van der Waals surface area contributed by atoms with E-state index in [2.05, 4.69) is 0 Å². The second kappa shape index (κ2) is 10.9. The molecule has 39 heavy (non-hydrogen) atoms. The molecule has 3 heterocycles. The lowest BCUT2D eigenvalue weighted by Crippen LogP contribution is -2.39. The van der Waals surface area contributed by atoms with E-state index in [-0.39, 0.29) is 23.5 Å².